The second-order valence-corrected chi connectivity index (χ2v) is 2.24. The summed E-state index contributed by atoms with van der Waals surface area (Å²) >= 11 is 0. The molecule has 0 amide bonds. The maximum atomic E-state index is 5.61. The number of hydrogen-bond acceptors (Lipinski definition) is 4. The molecule has 0 aromatic carbocycles. The summed E-state index contributed by atoms with van der Waals surface area (Å²) in [5.41, 5.74) is 6.30. The molecule has 4 nitrogen and oxygen atoms in total. The van der Waals surface area contributed by atoms with Crippen LogP contribution in [0.4, 0.5) is 0 Å². The number of aromatic nitrogens is 2. The minimum absolute atomic E-state index is 0.140. The number of hydrogen-bond donors (Lipinski definition) is 1. The summed E-state index contributed by atoms with van der Waals surface area (Å²) < 4.78 is 4.95. The van der Waals surface area contributed by atoms with Crippen molar-refractivity contribution in [3.8, 4) is 5.88 Å². The molecule has 0 saturated heterocycles. The van der Waals surface area contributed by atoms with E-state index in [0.717, 1.165) is 0 Å². The van der Waals surface area contributed by atoms with E-state index in [1.807, 2.05) is 6.92 Å². The van der Waals surface area contributed by atoms with Crippen LogP contribution in [0.25, 0.3) is 0 Å². The summed E-state index contributed by atoms with van der Waals surface area (Å²) in [5, 5.41) is 0. The lowest BCUT2D eigenvalue weighted by Crippen LogP contribution is -2.09. The first-order valence-corrected chi connectivity index (χ1v) is 3.36. The molecule has 0 aliphatic heterocycles. The zero-order valence-electron chi connectivity index (χ0n) is 6.61. The van der Waals surface area contributed by atoms with Crippen LogP contribution in [0.15, 0.2) is 12.4 Å². The van der Waals surface area contributed by atoms with Gasteiger partial charge in [0.25, 0.3) is 0 Å². The Bertz CT molecular complexity index is 237. The highest BCUT2D eigenvalue weighted by molar-refractivity contribution is 5.19. The third-order valence-corrected chi connectivity index (χ3v) is 1.32. The predicted molar refractivity (Wildman–Crippen MR) is 41.2 cm³/mol. The Balaban J connectivity index is 3.02. The molecule has 0 aliphatic rings. The largest absolute Gasteiger partial charge is 0.480 e. The SMILES string of the molecule is COc1nccnc1C(C)N. The average Bonchev–Trinajstić information content (AvgIpc) is 2.04. The molecule has 0 saturated carbocycles. The molecule has 0 bridgehead atoms. The van der Waals surface area contributed by atoms with Gasteiger partial charge in [-0.15, -0.1) is 0 Å². The normalized spacial score (nSPS) is 12.6. The van der Waals surface area contributed by atoms with Crippen molar-refractivity contribution in [2.45, 2.75) is 13.0 Å². The van der Waals surface area contributed by atoms with E-state index in [9.17, 15) is 0 Å². The topological polar surface area (TPSA) is 61.0 Å². The van der Waals surface area contributed by atoms with E-state index in [1.54, 1.807) is 19.5 Å². The molecule has 1 heterocycles. The van der Waals surface area contributed by atoms with E-state index < -0.39 is 0 Å². The van der Waals surface area contributed by atoms with Gasteiger partial charge >= 0.3 is 0 Å². The molecule has 1 unspecified atom stereocenters. The first-order chi connectivity index (χ1) is 5.25. The molecule has 0 fully saturated rings. The molecule has 4 heteroatoms. The predicted octanol–water partition coefficient (Wildman–Crippen LogP) is 0.505. The molecule has 0 radical (unpaired) electrons. The van der Waals surface area contributed by atoms with Crippen molar-refractivity contribution >= 4 is 0 Å². The van der Waals surface area contributed by atoms with E-state index >= 15 is 0 Å². The van der Waals surface area contributed by atoms with E-state index in [2.05, 4.69) is 9.97 Å². The minimum atomic E-state index is -0.140. The monoisotopic (exact) mass is 153 g/mol. The second kappa shape index (κ2) is 3.30. The maximum absolute atomic E-state index is 5.61. The first kappa shape index (κ1) is 7.94. The van der Waals surface area contributed by atoms with E-state index in [4.69, 9.17) is 10.5 Å². The van der Waals surface area contributed by atoms with Gasteiger partial charge in [0.15, 0.2) is 0 Å². The first-order valence-electron chi connectivity index (χ1n) is 3.36. The zero-order valence-corrected chi connectivity index (χ0v) is 6.61. The van der Waals surface area contributed by atoms with Crippen molar-refractivity contribution in [2.24, 2.45) is 5.73 Å². The molecule has 0 spiro atoms. The van der Waals surface area contributed by atoms with Crippen LogP contribution in [-0.4, -0.2) is 17.1 Å². The van der Waals surface area contributed by atoms with Gasteiger partial charge in [0, 0.05) is 18.4 Å². The Hall–Kier alpha value is -1.16. The Kier molecular flexibility index (Phi) is 2.38. The quantitative estimate of drug-likeness (QED) is 0.672. The Morgan fingerprint density at radius 3 is 2.55 bits per heavy atom. The van der Waals surface area contributed by atoms with Crippen molar-refractivity contribution in [3.63, 3.8) is 0 Å². The number of rotatable bonds is 2. The summed E-state index contributed by atoms with van der Waals surface area (Å²) in [6.07, 6.45) is 3.17. The van der Waals surface area contributed by atoms with Crippen LogP contribution in [0.2, 0.25) is 0 Å². The van der Waals surface area contributed by atoms with Gasteiger partial charge in [-0.2, -0.15) is 0 Å². The third kappa shape index (κ3) is 1.65. The van der Waals surface area contributed by atoms with E-state index in [1.165, 1.54) is 0 Å². The third-order valence-electron chi connectivity index (χ3n) is 1.32. The molecule has 0 aliphatic carbocycles. The van der Waals surface area contributed by atoms with Crippen molar-refractivity contribution < 1.29 is 4.74 Å². The number of ether oxygens (including phenoxy) is 1. The van der Waals surface area contributed by atoms with Gasteiger partial charge in [0.05, 0.1) is 7.11 Å². The summed E-state index contributed by atoms with van der Waals surface area (Å²) in [6, 6.07) is -0.140. The summed E-state index contributed by atoms with van der Waals surface area (Å²) in [7, 11) is 1.55. The minimum Gasteiger partial charge on any atom is -0.480 e. The van der Waals surface area contributed by atoms with Gasteiger partial charge in [0.2, 0.25) is 5.88 Å². The highest BCUT2D eigenvalue weighted by Gasteiger charge is 2.08. The molecule has 1 aromatic rings. The standard InChI is InChI=1S/C7H11N3O/c1-5(8)6-7(11-2)10-4-3-9-6/h3-5H,8H2,1-2H3. The Morgan fingerprint density at radius 2 is 2.09 bits per heavy atom. The lowest BCUT2D eigenvalue weighted by molar-refractivity contribution is 0.386. The van der Waals surface area contributed by atoms with Crippen LogP contribution in [0, 0.1) is 0 Å². The molecule has 1 rings (SSSR count). The number of nitrogens with two attached hydrogens (primary N) is 1. The summed E-state index contributed by atoms with van der Waals surface area (Å²) in [4.78, 5) is 7.99. The molecule has 60 valence electrons. The van der Waals surface area contributed by atoms with Gasteiger partial charge in [-0.25, -0.2) is 4.98 Å². The van der Waals surface area contributed by atoms with Crippen molar-refractivity contribution in [1.82, 2.24) is 9.97 Å². The van der Waals surface area contributed by atoms with Gasteiger partial charge in [-0.05, 0) is 6.92 Å². The lowest BCUT2D eigenvalue weighted by atomic mass is 10.2. The molecule has 11 heavy (non-hydrogen) atoms. The highest BCUT2D eigenvalue weighted by atomic mass is 16.5. The Morgan fingerprint density at radius 1 is 1.45 bits per heavy atom. The van der Waals surface area contributed by atoms with Crippen molar-refractivity contribution in [1.29, 1.82) is 0 Å². The van der Waals surface area contributed by atoms with E-state index in [-0.39, 0.29) is 6.04 Å². The zero-order chi connectivity index (χ0) is 8.27. The Labute approximate surface area is 65.4 Å². The molecule has 1 atom stereocenters. The smallest absolute Gasteiger partial charge is 0.236 e. The van der Waals surface area contributed by atoms with Crippen LogP contribution in [0.1, 0.15) is 18.7 Å². The van der Waals surface area contributed by atoms with Gasteiger partial charge < -0.3 is 10.5 Å². The number of nitrogens with zero attached hydrogens (tertiary/aromatic N) is 2. The van der Waals surface area contributed by atoms with Crippen molar-refractivity contribution in [3.05, 3.63) is 18.1 Å². The fraction of sp³-hybridized carbons (Fsp3) is 0.429. The van der Waals surface area contributed by atoms with Gasteiger partial charge in [0.1, 0.15) is 5.69 Å². The van der Waals surface area contributed by atoms with Crippen LogP contribution < -0.4 is 10.5 Å². The van der Waals surface area contributed by atoms with Gasteiger partial charge in [-0.3, -0.25) is 4.98 Å². The maximum Gasteiger partial charge on any atom is 0.236 e. The fourth-order valence-electron chi connectivity index (χ4n) is 0.806. The molecular weight excluding hydrogens is 142 g/mol. The summed E-state index contributed by atoms with van der Waals surface area (Å²) in [6.45, 7) is 1.84. The van der Waals surface area contributed by atoms with Gasteiger partial charge in [-0.1, -0.05) is 0 Å². The van der Waals surface area contributed by atoms with Crippen molar-refractivity contribution in [2.75, 3.05) is 7.11 Å². The number of methoxy groups -OCH3 is 1. The average molecular weight is 153 g/mol. The fourth-order valence-corrected chi connectivity index (χ4v) is 0.806. The molecular formula is C7H11N3O. The summed E-state index contributed by atoms with van der Waals surface area (Å²) in [5.74, 6) is 0.502. The van der Waals surface area contributed by atoms with Crippen LogP contribution in [0.3, 0.4) is 0 Å². The highest BCUT2D eigenvalue weighted by Crippen LogP contribution is 2.16. The molecule has 1 aromatic heterocycles. The van der Waals surface area contributed by atoms with Crippen LogP contribution >= 0.6 is 0 Å². The molecule has 2 N–H and O–H groups in total. The van der Waals surface area contributed by atoms with Crippen LogP contribution in [0.5, 0.6) is 5.88 Å². The van der Waals surface area contributed by atoms with Crippen LogP contribution in [-0.2, 0) is 0 Å². The lowest BCUT2D eigenvalue weighted by Gasteiger charge is -2.07. The van der Waals surface area contributed by atoms with E-state index in [0.29, 0.717) is 11.6 Å². The second-order valence-electron chi connectivity index (χ2n) is 2.24.